The van der Waals surface area contributed by atoms with Gasteiger partial charge in [-0.15, -0.1) is 0 Å². The van der Waals surface area contributed by atoms with Crippen LogP contribution in [-0.4, -0.2) is 10.5 Å². The Kier molecular flexibility index (Phi) is 5.89. The Hall–Kier alpha value is -3.00. The van der Waals surface area contributed by atoms with Crippen LogP contribution in [0.15, 0.2) is 60.2 Å². The van der Waals surface area contributed by atoms with Gasteiger partial charge in [0.1, 0.15) is 11.6 Å². The Morgan fingerprint density at radius 3 is 2.50 bits per heavy atom. The third-order valence-electron chi connectivity index (χ3n) is 4.33. The molecule has 0 fully saturated rings. The molecule has 0 saturated carbocycles. The zero-order chi connectivity index (χ0) is 20.3. The Labute approximate surface area is 173 Å². The van der Waals surface area contributed by atoms with Crippen LogP contribution in [0, 0.1) is 25.2 Å². The van der Waals surface area contributed by atoms with Gasteiger partial charge in [-0.05, 0) is 61.9 Å². The maximum Gasteiger partial charge on any atom is 0.266 e. The van der Waals surface area contributed by atoms with Gasteiger partial charge in [-0.2, -0.15) is 5.26 Å². The summed E-state index contributed by atoms with van der Waals surface area (Å²) in [6.45, 7) is 3.93. The molecule has 1 N–H and O–H groups in total. The second kappa shape index (κ2) is 8.35. The number of para-hydroxylation sites is 1. The summed E-state index contributed by atoms with van der Waals surface area (Å²) >= 11 is 12.0. The van der Waals surface area contributed by atoms with E-state index in [1.165, 1.54) is 6.07 Å². The summed E-state index contributed by atoms with van der Waals surface area (Å²) in [4.78, 5) is 12.6. The Morgan fingerprint density at radius 1 is 1.11 bits per heavy atom. The summed E-state index contributed by atoms with van der Waals surface area (Å²) < 4.78 is 2.08. The Balaban J connectivity index is 1.94. The molecule has 3 aromatic rings. The number of nitrogens with zero attached hydrogens (tertiary/aromatic N) is 2. The SMILES string of the molecule is Cc1cc(/C=C(\C#N)C(=O)Nc2cc(Cl)ccc2Cl)c(C)n1-c1ccccc1. The molecule has 0 aliphatic heterocycles. The number of carbonyl (C=O) groups excluding carboxylic acids is 1. The second-order valence-corrected chi connectivity index (χ2v) is 7.09. The van der Waals surface area contributed by atoms with Crippen LogP contribution < -0.4 is 5.32 Å². The molecule has 0 saturated heterocycles. The predicted octanol–water partition coefficient (Wildman–Crippen LogP) is 5.95. The summed E-state index contributed by atoms with van der Waals surface area (Å²) in [6, 6.07) is 18.6. The molecule has 1 aromatic heterocycles. The molecule has 3 rings (SSSR count). The molecule has 1 amide bonds. The first-order chi connectivity index (χ1) is 13.4. The van der Waals surface area contributed by atoms with Crippen LogP contribution in [0.1, 0.15) is 17.0 Å². The lowest BCUT2D eigenvalue weighted by Crippen LogP contribution is -2.13. The first kappa shape index (κ1) is 19.8. The summed E-state index contributed by atoms with van der Waals surface area (Å²) in [6.07, 6.45) is 1.58. The van der Waals surface area contributed by atoms with Crippen molar-refractivity contribution in [1.82, 2.24) is 4.57 Å². The topological polar surface area (TPSA) is 57.8 Å². The first-order valence-electron chi connectivity index (χ1n) is 8.53. The van der Waals surface area contributed by atoms with Gasteiger partial charge in [0, 0.05) is 22.1 Å². The highest BCUT2D eigenvalue weighted by atomic mass is 35.5. The number of aromatic nitrogens is 1. The minimum Gasteiger partial charge on any atom is -0.320 e. The lowest BCUT2D eigenvalue weighted by Gasteiger charge is -2.09. The molecular formula is C22H17Cl2N3O. The molecule has 28 heavy (non-hydrogen) atoms. The number of amides is 1. The lowest BCUT2D eigenvalue weighted by molar-refractivity contribution is -0.112. The van der Waals surface area contributed by atoms with Crippen molar-refractivity contribution >= 4 is 40.9 Å². The van der Waals surface area contributed by atoms with Crippen LogP contribution in [0.4, 0.5) is 5.69 Å². The first-order valence-corrected chi connectivity index (χ1v) is 9.29. The van der Waals surface area contributed by atoms with Gasteiger partial charge in [-0.25, -0.2) is 0 Å². The zero-order valence-corrected chi connectivity index (χ0v) is 16.8. The monoisotopic (exact) mass is 409 g/mol. The third-order valence-corrected chi connectivity index (χ3v) is 4.89. The van der Waals surface area contributed by atoms with E-state index in [4.69, 9.17) is 23.2 Å². The van der Waals surface area contributed by atoms with Gasteiger partial charge in [0.2, 0.25) is 0 Å². The minimum atomic E-state index is -0.545. The van der Waals surface area contributed by atoms with Gasteiger partial charge < -0.3 is 9.88 Å². The van der Waals surface area contributed by atoms with E-state index in [2.05, 4.69) is 9.88 Å². The molecule has 0 aliphatic rings. The number of aryl methyl sites for hydroxylation is 1. The van der Waals surface area contributed by atoms with E-state index in [9.17, 15) is 10.1 Å². The van der Waals surface area contributed by atoms with E-state index in [-0.39, 0.29) is 5.57 Å². The number of hydrogen-bond donors (Lipinski definition) is 1. The molecule has 0 bridgehead atoms. The van der Waals surface area contributed by atoms with Crippen LogP contribution in [0.2, 0.25) is 10.0 Å². The van der Waals surface area contributed by atoms with Crippen LogP contribution >= 0.6 is 23.2 Å². The van der Waals surface area contributed by atoms with E-state index in [0.29, 0.717) is 15.7 Å². The maximum absolute atomic E-state index is 12.6. The fourth-order valence-corrected chi connectivity index (χ4v) is 3.33. The number of halogens is 2. The van der Waals surface area contributed by atoms with Crippen molar-refractivity contribution in [2.75, 3.05) is 5.32 Å². The van der Waals surface area contributed by atoms with Crippen molar-refractivity contribution in [3.63, 3.8) is 0 Å². The van der Waals surface area contributed by atoms with Crippen molar-refractivity contribution in [2.45, 2.75) is 13.8 Å². The van der Waals surface area contributed by atoms with Crippen molar-refractivity contribution < 1.29 is 4.79 Å². The Bertz CT molecular complexity index is 1110. The molecule has 6 heteroatoms. The summed E-state index contributed by atoms with van der Waals surface area (Å²) in [5.41, 5.74) is 4.09. The van der Waals surface area contributed by atoms with Crippen molar-refractivity contribution in [1.29, 1.82) is 5.26 Å². The number of nitriles is 1. The van der Waals surface area contributed by atoms with E-state index in [1.807, 2.05) is 56.3 Å². The molecule has 1 heterocycles. The zero-order valence-electron chi connectivity index (χ0n) is 15.3. The number of carbonyl (C=O) groups is 1. The fourth-order valence-electron chi connectivity index (χ4n) is 3.00. The summed E-state index contributed by atoms with van der Waals surface area (Å²) in [5, 5.41) is 12.9. The maximum atomic E-state index is 12.6. The highest BCUT2D eigenvalue weighted by Gasteiger charge is 2.15. The number of nitrogens with one attached hydrogen (secondary N) is 1. The van der Waals surface area contributed by atoms with Gasteiger partial charge in [0.25, 0.3) is 5.91 Å². The van der Waals surface area contributed by atoms with Crippen LogP contribution in [0.3, 0.4) is 0 Å². The fraction of sp³-hybridized carbons (Fsp3) is 0.0909. The van der Waals surface area contributed by atoms with Crippen LogP contribution in [0.25, 0.3) is 11.8 Å². The molecular weight excluding hydrogens is 393 g/mol. The second-order valence-electron chi connectivity index (χ2n) is 6.25. The number of benzene rings is 2. The van der Waals surface area contributed by atoms with E-state index in [0.717, 1.165) is 22.6 Å². The molecule has 0 radical (unpaired) electrons. The Morgan fingerprint density at radius 2 is 1.82 bits per heavy atom. The lowest BCUT2D eigenvalue weighted by atomic mass is 10.1. The van der Waals surface area contributed by atoms with Gasteiger partial charge in [-0.3, -0.25) is 4.79 Å². The average molecular weight is 410 g/mol. The largest absolute Gasteiger partial charge is 0.320 e. The highest BCUT2D eigenvalue weighted by molar-refractivity contribution is 6.36. The van der Waals surface area contributed by atoms with Gasteiger partial charge in [-0.1, -0.05) is 41.4 Å². The van der Waals surface area contributed by atoms with Crippen LogP contribution in [0.5, 0.6) is 0 Å². The molecule has 0 spiro atoms. The molecule has 2 aromatic carbocycles. The molecule has 0 aliphatic carbocycles. The smallest absolute Gasteiger partial charge is 0.266 e. The molecule has 0 atom stereocenters. The number of anilines is 1. The number of hydrogen-bond acceptors (Lipinski definition) is 2. The number of rotatable bonds is 4. The van der Waals surface area contributed by atoms with E-state index >= 15 is 0 Å². The quantitative estimate of drug-likeness (QED) is 0.427. The third kappa shape index (κ3) is 4.12. The van der Waals surface area contributed by atoms with Gasteiger partial charge >= 0.3 is 0 Å². The van der Waals surface area contributed by atoms with Gasteiger partial charge in [0.15, 0.2) is 0 Å². The summed E-state index contributed by atoms with van der Waals surface area (Å²) in [5.74, 6) is -0.545. The van der Waals surface area contributed by atoms with Crippen molar-refractivity contribution in [3.8, 4) is 11.8 Å². The highest BCUT2D eigenvalue weighted by Crippen LogP contribution is 2.27. The molecule has 4 nitrogen and oxygen atoms in total. The standard InChI is InChI=1S/C22H17Cl2N3O/c1-14-10-16(15(2)27(14)19-6-4-3-5-7-19)11-17(13-25)22(28)26-21-12-18(23)8-9-20(21)24/h3-12H,1-2H3,(H,26,28)/b17-11+. The van der Waals surface area contributed by atoms with Crippen molar-refractivity contribution in [3.05, 3.63) is 87.2 Å². The summed E-state index contributed by atoms with van der Waals surface area (Å²) in [7, 11) is 0. The normalized spacial score (nSPS) is 11.2. The molecule has 0 unspecified atom stereocenters. The van der Waals surface area contributed by atoms with Crippen molar-refractivity contribution in [2.24, 2.45) is 0 Å². The van der Waals surface area contributed by atoms with E-state index in [1.54, 1.807) is 18.2 Å². The predicted molar refractivity (Wildman–Crippen MR) is 114 cm³/mol. The molecule has 140 valence electrons. The van der Waals surface area contributed by atoms with Crippen LogP contribution in [-0.2, 0) is 4.79 Å². The minimum absolute atomic E-state index is 0.0237. The average Bonchev–Trinajstić information content (AvgIpc) is 2.96. The van der Waals surface area contributed by atoms with E-state index < -0.39 is 5.91 Å². The van der Waals surface area contributed by atoms with Gasteiger partial charge in [0.05, 0.1) is 10.7 Å².